The molecule has 2 aromatic rings. The molecule has 0 radical (unpaired) electrons. The quantitative estimate of drug-likeness (QED) is 0.156. The number of carbonyl (C=O) groups is 2. The minimum Gasteiger partial charge on any atom is -0.436 e. The second-order valence-electron chi connectivity index (χ2n) is 7.45. The van der Waals surface area contributed by atoms with Gasteiger partial charge in [-0.25, -0.2) is 24.5 Å². The first kappa shape index (κ1) is 28.4. The number of rotatable bonds is 15. The molecule has 0 aromatic carbocycles. The van der Waals surface area contributed by atoms with E-state index in [9.17, 15) is 14.2 Å². The summed E-state index contributed by atoms with van der Waals surface area (Å²) in [5, 5.41) is 0. The Bertz CT molecular complexity index is 1020. The number of nitrogens with two attached hydrogens (primary N) is 1. The van der Waals surface area contributed by atoms with Gasteiger partial charge in [-0.3, -0.25) is 13.6 Å². The molecule has 0 aliphatic rings. The van der Waals surface area contributed by atoms with E-state index in [1.807, 2.05) is 0 Å². The standard InChI is InChI=1S/C19H30N5O10P/c1-13(2)29-7-15(25)30-10-32-35(27,33-11-31-19(26)34-14(3)4)12-28-6-5-24-9-23-16-17(20)21-8-22-18(16)24/h8-9,13-14H,5-7,10-12H2,1-4H3,(H2,20,21,22). The summed E-state index contributed by atoms with van der Waals surface area (Å²) in [5.74, 6) is -0.485. The zero-order valence-electron chi connectivity index (χ0n) is 19.9. The largest absolute Gasteiger partial charge is 0.510 e. The van der Waals surface area contributed by atoms with Gasteiger partial charge in [-0.2, -0.15) is 0 Å². The molecule has 0 aliphatic heterocycles. The summed E-state index contributed by atoms with van der Waals surface area (Å²) in [6.45, 7) is 5.37. The molecule has 35 heavy (non-hydrogen) atoms. The van der Waals surface area contributed by atoms with Crippen LogP contribution in [0.15, 0.2) is 12.7 Å². The minimum absolute atomic E-state index is 0.0599. The second kappa shape index (κ2) is 13.9. The van der Waals surface area contributed by atoms with Gasteiger partial charge in [-0.05, 0) is 27.7 Å². The van der Waals surface area contributed by atoms with Gasteiger partial charge in [-0.1, -0.05) is 0 Å². The molecule has 196 valence electrons. The lowest BCUT2D eigenvalue weighted by Crippen LogP contribution is -2.18. The lowest BCUT2D eigenvalue weighted by Gasteiger charge is -2.19. The summed E-state index contributed by atoms with van der Waals surface area (Å²) < 4.78 is 49.8. The Morgan fingerprint density at radius 3 is 2.46 bits per heavy atom. The molecule has 2 heterocycles. The zero-order valence-corrected chi connectivity index (χ0v) is 20.8. The van der Waals surface area contributed by atoms with Crippen LogP contribution in [-0.4, -0.2) is 77.0 Å². The van der Waals surface area contributed by atoms with Crippen molar-refractivity contribution in [2.75, 3.05) is 38.9 Å². The third kappa shape index (κ3) is 10.1. The van der Waals surface area contributed by atoms with Gasteiger partial charge in [0, 0.05) is 6.54 Å². The van der Waals surface area contributed by atoms with Gasteiger partial charge in [0.15, 0.2) is 11.5 Å². The number of nitrogens with zero attached hydrogens (tertiary/aromatic N) is 4. The van der Waals surface area contributed by atoms with Gasteiger partial charge in [0.2, 0.25) is 13.6 Å². The third-order valence-corrected chi connectivity index (χ3v) is 5.41. The van der Waals surface area contributed by atoms with Gasteiger partial charge in [-0.15, -0.1) is 0 Å². The molecule has 2 rings (SSSR count). The monoisotopic (exact) mass is 519 g/mol. The Labute approximate surface area is 201 Å². The summed E-state index contributed by atoms with van der Waals surface area (Å²) in [5.41, 5.74) is 6.71. The highest BCUT2D eigenvalue weighted by Crippen LogP contribution is 2.48. The first-order chi connectivity index (χ1) is 16.6. The van der Waals surface area contributed by atoms with Crippen LogP contribution in [0.25, 0.3) is 11.2 Å². The van der Waals surface area contributed by atoms with E-state index in [0.717, 1.165) is 0 Å². The van der Waals surface area contributed by atoms with Crippen molar-refractivity contribution < 1.29 is 46.9 Å². The number of imidazole rings is 1. The second-order valence-corrected chi connectivity index (χ2v) is 9.44. The molecule has 0 saturated heterocycles. The predicted octanol–water partition coefficient (Wildman–Crippen LogP) is 2.05. The number of nitrogen functional groups attached to an aromatic ring is 1. The molecule has 2 N–H and O–H groups in total. The molecule has 0 saturated carbocycles. The van der Waals surface area contributed by atoms with Crippen LogP contribution >= 0.6 is 7.60 Å². The van der Waals surface area contributed by atoms with Crippen molar-refractivity contribution in [2.24, 2.45) is 0 Å². The average Bonchev–Trinajstić information content (AvgIpc) is 3.19. The maximum atomic E-state index is 13.0. The maximum absolute atomic E-state index is 13.0. The van der Waals surface area contributed by atoms with Gasteiger partial charge in [0.25, 0.3) is 0 Å². The predicted molar refractivity (Wildman–Crippen MR) is 120 cm³/mol. The highest BCUT2D eigenvalue weighted by molar-refractivity contribution is 7.53. The van der Waals surface area contributed by atoms with Crippen molar-refractivity contribution in [1.82, 2.24) is 19.5 Å². The van der Waals surface area contributed by atoms with E-state index in [4.69, 9.17) is 38.5 Å². The van der Waals surface area contributed by atoms with Crippen LogP contribution in [0.4, 0.5) is 10.6 Å². The SMILES string of the molecule is CC(C)OCC(=O)OCOP(=O)(COCCn1cnc2c(N)ncnc21)OCOC(=O)OC(C)C. The fourth-order valence-corrected chi connectivity index (χ4v) is 3.35. The van der Waals surface area contributed by atoms with Crippen LogP contribution in [-0.2, 0) is 48.6 Å². The Morgan fingerprint density at radius 2 is 1.77 bits per heavy atom. The number of hydrogen-bond acceptors (Lipinski definition) is 14. The molecule has 0 spiro atoms. The molecule has 1 unspecified atom stereocenters. The van der Waals surface area contributed by atoms with Crippen LogP contribution in [0.1, 0.15) is 27.7 Å². The van der Waals surface area contributed by atoms with Crippen LogP contribution in [0.2, 0.25) is 0 Å². The normalized spacial score (nSPS) is 13.2. The number of fused-ring (bicyclic) bond motifs is 1. The molecule has 16 heteroatoms. The lowest BCUT2D eigenvalue weighted by atomic mass is 10.5. The molecule has 0 bridgehead atoms. The first-order valence-corrected chi connectivity index (χ1v) is 12.3. The molecular weight excluding hydrogens is 489 g/mol. The Balaban J connectivity index is 1.87. The van der Waals surface area contributed by atoms with Crippen molar-refractivity contribution in [3.8, 4) is 0 Å². The summed E-state index contributed by atoms with van der Waals surface area (Å²) in [6.07, 6.45) is 0.686. The van der Waals surface area contributed by atoms with Crippen molar-refractivity contribution >= 4 is 36.7 Å². The fraction of sp³-hybridized carbons (Fsp3) is 0.632. The average molecular weight is 519 g/mol. The molecule has 0 aliphatic carbocycles. The molecular formula is C19H30N5O10P. The Kier molecular flexibility index (Phi) is 11.3. The lowest BCUT2D eigenvalue weighted by molar-refractivity contribution is -0.157. The van der Waals surface area contributed by atoms with E-state index >= 15 is 0 Å². The Hall–Kier alpha value is -2.84. The van der Waals surface area contributed by atoms with Gasteiger partial charge >= 0.3 is 19.7 Å². The number of esters is 1. The summed E-state index contributed by atoms with van der Waals surface area (Å²) in [6, 6.07) is 0. The number of carbonyl (C=O) groups excluding carboxylic acids is 2. The maximum Gasteiger partial charge on any atom is 0.510 e. The topological polar surface area (TPSA) is 185 Å². The highest BCUT2D eigenvalue weighted by Gasteiger charge is 2.27. The summed E-state index contributed by atoms with van der Waals surface area (Å²) >= 11 is 0. The smallest absolute Gasteiger partial charge is 0.436 e. The van der Waals surface area contributed by atoms with Crippen molar-refractivity contribution in [3.05, 3.63) is 12.7 Å². The third-order valence-electron chi connectivity index (χ3n) is 3.92. The molecule has 15 nitrogen and oxygen atoms in total. The molecule has 2 aromatic heterocycles. The van der Waals surface area contributed by atoms with Crippen LogP contribution in [0.3, 0.4) is 0 Å². The number of aromatic nitrogens is 4. The van der Waals surface area contributed by atoms with Crippen molar-refractivity contribution in [2.45, 2.75) is 46.4 Å². The van der Waals surface area contributed by atoms with Gasteiger partial charge < -0.3 is 34.0 Å². The first-order valence-electron chi connectivity index (χ1n) is 10.6. The van der Waals surface area contributed by atoms with E-state index < -0.39 is 45.8 Å². The fourth-order valence-electron chi connectivity index (χ4n) is 2.34. The van der Waals surface area contributed by atoms with Crippen LogP contribution < -0.4 is 5.73 Å². The van der Waals surface area contributed by atoms with E-state index in [2.05, 4.69) is 15.0 Å². The van der Waals surface area contributed by atoms with E-state index in [1.165, 1.54) is 12.7 Å². The van der Waals surface area contributed by atoms with Gasteiger partial charge in [0.1, 0.15) is 24.8 Å². The molecule has 0 amide bonds. The summed E-state index contributed by atoms with van der Waals surface area (Å²) in [4.78, 5) is 35.3. The van der Waals surface area contributed by atoms with Crippen LogP contribution in [0.5, 0.6) is 0 Å². The molecule has 0 fully saturated rings. The van der Waals surface area contributed by atoms with E-state index in [-0.39, 0.29) is 31.7 Å². The van der Waals surface area contributed by atoms with E-state index in [0.29, 0.717) is 11.2 Å². The highest BCUT2D eigenvalue weighted by atomic mass is 31.2. The Morgan fingerprint density at radius 1 is 1.06 bits per heavy atom. The number of hydrogen-bond donors (Lipinski definition) is 1. The van der Waals surface area contributed by atoms with Crippen molar-refractivity contribution in [3.63, 3.8) is 0 Å². The summed E-state index contributed by atoms with van der Waals surface area (Å²) in [7, 11) is -4.01. The van der Waals surface area contributed by atoms with E-state index in [1.54, 1.807) is 32.3 Å². The van der Waals surface area contributed by atoms with Crippen LogP contribution in [0, 0.1) is 0 Å². The minimum atomic E-state index is -4.01. The van der Waals surface area contributed by atoms with Gasteiger partial charge in [0.05, 0.1) is 25.1 Å². The number of ether oxygens (including phenoxy) is 5. The molecule has 1 atom stereocenters. The zero-order chi connectivity index (χ0) is 25.8. The number of anilines is 1. The van der Waals surface area contributed by atoms with Crippen molar-refractivity contribution in [1.29, 1.82) is 0 Å².